The number of carboxylic acid groups (broad SMARTS) is 1. The van der Waals surface area contributed by atoms with Gasteiger partial charge in [0.05, 0.1) is 21.0 Å². The van der Waals surface area contributed by atoms with E-state index in [9.17, 15) is 14.0 Å². The van der Waals surface area contributed by atoms with Gasteiger partial charge in [0.2, 0.25) is 0 Å². The molecule has 110 valence electrons. The lowest BCUT2D eigenvalue weighted by Crippen LogP contribution is -2.32. The molecule has 1 aromatic rings. The second kappa shape index (κ2) is 6.41. The number of hydrogen-bond acceptors (Lipinski definition) is 2. The summed E-state index contributed by atoms with van der Waals surface area (Å²) < 4.78 is 13.3. The Hall–Kier alpha value is -1.33. The first kappa shape index (κ1) is 16.7. The van der Waals surface area contributed by atoms with E-state index in [0.29, 0.717) is 0 Å². The maximum absolute atomic E-state index is 13.3. The van der Waals surface area contributed by atoms with Crippen molar-refractivity contribution in [2.75, 3.05) is 6.54 Å². The van der Waals surface area contributed by atoms with E-state index in [-0.39, 0.29) is 28.6 Å². The van der Waals surface area contributed by atoms with Gasteiger partial charge in [-0.15, -0.1) is 0 Å². The number of nitrogens with one attached hydrogen (secondary N) is 1. The molecule has 0 atom stereocenters. The first-order valence-electron chi connectivity index (χ1n) is 5.81. The van der Waals surface area contributed by atoms with Gasteiger partial charge >= 0.3 is 5.97 Å². The van der Waals surface area contributed by atoms with Crippen molar-refractivity contribution in [1.82, 2.24) is 5.32 Å². The Kier molecular flexibility index (Phi) is 5.36. The van der Waals surface area contributed by atoms with E-state index in [1.165, 1.54) is 0 Å². The number of hydrogen-bond donors (Lipinski definition) is 2. The van der Waals surface area contributed by atoms with Crippen LogP contribution in [0.4, 0.5) is 4.39 Å². The molecule has 0 aliphatic carbocycles. The third-order valence-corrected chi connectivity index (χ3v) is 3.47. The predicted octanol–water partition coefficient (Wildman–Crippen LogP) is 3.36. The van der Waals surface area contributed by atoms with Crippen LogP contribution in [0.5, 0.6) is 0 Å². The molecule has 0 aliphatic rings. The maximum Gasteiger partial charge on any atom is 0.309 e. The maximum atomic E-state index is 13.3. The minimum atomic E-state index is -0.956. The summed E-state index contributed by atoms with van der Waals surface area (Å²) in [7, 11) is 0. The molecule has 0 heterocycles. The molecule has 0 aromatic heterocycles. The van der Waals surface area contributed by atoms with E-state index in [0.717, 1.165) is 12.1 Å². The van der Waals surface area contributed by atoms with E-state index < -0.39 is 23.1 Å². The molecule has 0 aliphatic heterocycles. The van der Waals surface area contributed by atoms with E-state index in [1.54, 1.807) is 13.8 Å². The highest BCUT2D eigenvalue weighted by atomic mass is 35.5. The van der Waals surface area contributed by atoms with Gasteiger partial charge in [0, 0.05) is 6.54 Å². The Labute approximate surface area is 125 Å². The Bertz CT molecular complexity index is 547. The number of halogens is 3. The fraction of sp³-hybridized carbons (Fsp3) is 0.385. The Morgan fingerprint density at radius 2 is 1.90 bits per heavy atom. The average molecular weight is 322 g/mol. The number of aliphatic carboxylic acids is 1. The number of carbonyl (C=O) groups excluding carboxylic acids is 1. The van der Waals surface area contributed by atoms with Crippen LogP contribution in [0.3, 0.4) is 0 Å². The molecule has 0 saturated heterocycles. The third kappa shape index (κ3) is 4.08. The molecule has 0 fully saturated rings. The fourth-order valence-electron chi connectivity index (χ4n) is 1.39. The summed E-state index contributed by atoms with van der Waals surface area (Å²) in [5.41, 5.74) is -0.996. The highest BCUT2D eigenvalue weighted by Gasteiger charge is 2.26. The van der Waals surface area contributed by atoms with Crippen molar-refractivity contribution in [3.8, 4) is 0 Å². The molecule has 1 amide bonds. The van der Waals surface area contributed by atoms with Crippen molar-refractivity contribution >= 4 is 35.1 Å². The van der Waals surface area contributed by atoms with Gasteiger partial charge in [0.25, 0.3) is 5.91 Å². The van der Waals surface area contributed by atoms with Gasteiger partial charge in [-0.05, 0) is 32.4 Å². The quantitative estimate of drug-likeness (QED) is 0.817. The molecule has 0 spiro atoms. The summed E-state index contributed by atoms with van der Waals surface area (Å²) in [6.45, 7) is 3.24. The minimum absolute atomic E-state index is 0.0337. The summed E-state index contributed by atoms with van der Waals surface area (Å²) in [6.07, 6.45) is 0.238. The zero-order chi connectivity index (χ0) is 15.5. The topological polar surface area (TPSA) is 66.4 Å². The third-order valence-electron chi connectivity index (χ3n) is 2.87. The lowest BCUT2D eigenvalue weighted by molar-refractivity contribution is -0.147. The lowest BCUT2D eigenvalue weighted by Gasteiger charge is -2.19. The van der Waals surface area contributed by atoms with Crippen molar-refractivity contribution in [3.05, 3.63) is 33.6 Å². The number of benzene rings is 1. The van der Waals surface area contributed by atoms with Crippen LogP contribution in [0.25, 0.3) is 0 Å². The van der Waals surface area contributed by atoms with E-state index in [4.69, 9.17) is 28.3 Å². The van der Waals surface area contributed by atoms with Crippen LogP contribution in [0.15, 0.2) is 12.1 Å². The fourth-order valence-corrected chi connectivity index (χ4v) is 1.86. The molecule has 1 aromatic carbocycles. The number of amides is 1. The van der Waals surface area contributed by atoms with Crippen molar-refractivity contribution in [2.24, 2.45) is 5.41 Å². The monoisotopic (exact) mass is 321 g/mol. The zero-order valence-corrected chi connectivity index (χ0v) is 12.5. The van der Waals surface area contributed by atoms with Crippen molar-refractivity contribution < 1.29 is 19.1 Å². The first-order chi connectivity index (χ1) is 9.15. The molecular weight excluding hydrogens is 308 g/mol. The molecule has 0 saturated carbocycles. The summed E-state index contributed by atoms with van der Waals surface area (Å²) >= 11 is 11.3. The molecule has 0 unspecified atom stereocenters. The highest BCUT2D eigenvalue weighted by Crippen LogP contribution is 2.24. The van der Waals surface area contributed by atoms with Crippen LogP contribution >= 0.6 is 23.2 Å². The number of rotatable bonds is 5. The SMILES string of the molecule is CC(C)(CCNC(=O)c1cc(F)c(Cl)cc1Cl)C(=O)O. The largest absolute Gasteiger partial charge is 0.481 e. The molecule has 2 N–H and O–H groups in total. The molecule has 1 rings (SSSR count). The first-order valence-corrected chi connectivity index (χ1v) is 6.57. The molecule has 0 radical (unpaired) electrons. The molecule has 0 bridgehead atoms. The van der Waals surface area contributed by atoms with Crippen LogP contribution in [-0.4, -0.2) is 23.5 Å². The lowest BCUT2D eigenvalue weighted by atomic mass is 9.90. The van der Waals surface area contributed by atoms with Gasteiger partial charge in [0.15, 0.2) is 0 Å². The van der Waals surface area contributed by atoms with Crippen molar-refractivity contribution in [3.63, 3.8) is 0 Å². The van der Waals surface area contributed by atoms with Crippen LogP contribution < -0.4 is 5.32 Å². The summed E-state index contributed by atoms with van der Waals surface area (Å²) in [5.74, 6) is -2.28. The Balaban J connectivity index is 2.69. The van der Waals surface area contributed by atoms with Crippen molar-refractivity contribution in [2.45, 2.75) is 20.3 Å². The van der Waals surface area contributed by atoms with Crippen LogP contribution in [0.2, 0.25) is 10.0 Å². The Morgan fingerprint density at radius 1 is 1.30 bits per heavy atom. The molecular formula is C13H14Cl2FNO3. The van der Waals surface area contributed by atoms with E-state index in [1.807, 2.05) is 0 Å². The van der Waals surface area contributed by atoms with Crippen LogP contribution in [0, 0.1) is 11.2 Å². The van der Waals surface area contributed by atoms with E-state index >= 15 is 0 Å². The van der Waals surface area contributed by atoms with Gasteiger partial charge in [-0.3, -0.25) is 9.59 Å². The standard InChI is InChI=1S/C13H14Cl2FNO3/c1-13(2,12(19)20)3-4-17-11(18)7-5-10(16)9(15)6-8(7)14/h5-6H,3-4H2,1-2H3,(H,17,18)(H,19,20). The van der Waals surface area contributed by atoms with E-state index in [2.05, 4.69) is 5.32 Å². The molecule has 20 heavy (non-hydrogen) atoms. The second-order valence-corrected chi connectivity index (χ2v) is 5.76. The van der Waals surface area contributed by atoms with Gasteiger partial charge in [0.1, 0.15) is 5.82 Å². The summed E-state index contributed by atoms with van der Waals surface area (Å²) in [5, 5.41) is 11.3. The highest BCUT2D eigenvalue weighted by molar-refractivity contribution is 6.36. The minimum Gasteiger partial charge on any atom is -0.481 e. The second-order valence-electron chi connectivity index (χ2n) is 4.94. The van der Waals surface area contributed by atoms with Crippen molar-refractivity contribution in [1.29, 1.82) is 0 Å². The van der Waals surface area contributed by atoms with Crippen LogP contribution in [0.1, 0.15) is 30.6 Å². The van der Waals surface area contributed by atoms with Gasteiger partial charge in [-0.25, -0.2) is 4.39 Å². The smallest absolute Gasteiger partial charge is 0.309 e. The van der Waals surface area contributed by atoms with Gasteiger partial charge in [-0.1, -0.05) is 23.2 Å². The normalized spacial score (nSPS) is 11.2. The van der Waals surface area contributed by atoms with Gasteiger partial charge < -0.3 is 10.4 Å². The Morgan fingerprint density at radius 3 is 2.45 bits per heavy atom. The predicted molar refractivity (Wildman–Crippen MR) is 74.8 cm³/mol. The molecule has 7 heteroatoms. The molecule has 4 nitrogen and oxygen atoms in total. The summed E-state index contributed by atoms with van der Waals surface area (Å²) in [4.78, 5) is 22.7. The number of carboxylic acids is 1. The summed E-state index contributed by atoms with van der Waals surface area (Å²) in [6, 6.07) is 2.09. The average Bonchev–Trinajstić information content (AvgIpc) is 2.33. The number of carbonyl (C=O) groups is 2. The van der Waals surface area contributed by atoms with Crippen LogP contribution in [-0.2, 0) is 4.79 Å². The zero-order valence-electron chi connectivity index (χ0n) is 11.0. The van der Waals surface area contributed by atoms with Gasteiger partial charge in [-0.2, -0.15) is 0 Å².